The molecule has 1 heteroatoms. The smallest absolute Gasteiger partial charge is 0.112 e. The molecule has 1 nitrogen and oxygen atoms in total. The standard InChI is InChI=1S/C20H20O/c1-14-8-10-18(12-15(14)2)20(3,21)19-11-9-16-6-4-5-7-17(16)13-19/h4-13,21H,1-3H3. The van der Waals surface area contributed by atoms with Gasteiger partial charge in [-0.1, -0.05) is 54.6 Å². The van der Waals surface area contributed by atoms with Gasteiger partial charge in [0, 0.05) is 0 Å². The monoisotopic (exact) mass is 276 g/mol. The maximum atomic E-state index is 11.0. The Morgan fingerprint density at radius 2 is 1.33 bits per heavy atom. The van der Waals surface area contributed by atoms with E-state index in [0.29, 0.717) is 0 Å². The highest BCUT2D eigenvalue weighted by atomic mass is 16.3. The van der Waals surface area contributed by atoms with E-state index in [-0.39, 0.29) is 0 Å². The first-order chi connectivity index (χ1) is 9.98. The van der Waals surface area contributed by atoms with Crippen LogP contribution in [0.25, 0.3) is 10.8 Å². The van der Waals surface area contributed by atoms with E-state index >= 15 is 0 Å². The van der Waals surface area contributed by atoms with Crippen LogP contribution >= 0.6 is 0 Å². The topological polar surface area (TPSA) is 20.2 Å². The molecule has 3 aromatic carbocycles. The van der Waals surface area contributed by atoms with Crippen molar-refractivity contribution < 1.29 is 5.11 Å². The number of rotatable bonds is 2. The number of benzene rings is 3. The number of aliphatic hydroxyl groups is 1. The van der Waals surface area contributed by atoms with Crippen LogP contribution in [-0.4, -0.2) is 5.11 Å². The molecular formula is C20H20O. The minimum atomic E-state index is -0.984. The summed E-state index contributed by atoms with van der Waals surface area (Å²) in [6, 6.07) is 20.5. The van der Waals surface area contributed by atoms with Gasteiger partial charge >= 0.3 is 0 Å². The van der Waals surface area contributed by atoms with Crippen LogP contribution in [0.4, 0.5) is 0 Å². The molecule has 0 fully saturated rings. The van der Waals surface area contributed by atoms with Crippen molar-refractivity contribution in [2.45, 2.75) is 26.4 Å². The van der Waals surface area contributed by atoms with Crippen molar-refractivity contribution in [3.05, 3.63) is 82.9 Å². The fourth-order valence-corrected chi connectivity index (χ4v) is 2.70. The Labute approximate surface area is 125 Å². The molecule has 0 spiro atoms. The van der Waals surface area contributed by atoms with Gasteiger partial charge in [0.2, 0.25) is 0 Å². The van der Waals surface area contributed by atoms with Crippen molar-refractivity contribution >= 4 is 10.8 Å². The highest BCUT2D eigenvalue weighted by molar-refractivity contribution is 5.83. The number of aryl methyl sites for hydroxylation is 2. The first kappa shape index (κ1) is 13.8. The summed E-state index contributed by atoms with van der Waals surface area (Å²) in [5.74, 6) is 0. The van der Waals surface area contributed by atoms with Crippen molar-refractivity contribution in [3.63, 3.8) is 0 Å². The molecule has 1 atom stereocenters. The van der Waals surface area contributed by atoms with Gasteiger partial charge in [-0.3, -0.25) is 0 Å². The van der Waals surface area contributed by atoms with E-state index in [4.69, 9.17) is 0 Å². The maximum Gasteiger partial charge on any atom is 0.112 e. The van der Waals surface area contributed by atoms with E-state index in [1.54, 1.807) is 0 Å². The first-order valence-corrected chi connectivity index (χ1v) is 7.28. The molecule has 3 aromatic rings. The molecule has 106 valence electrons. The Hall–Kier alpha value is -2.12. The summed E-state index contributed by atoms with van der Waals surface area (Å²) in [7, 11) is 0. The zero-order valence-electron chi connectivity index (χ0n) is 12.7. The average molecular weight is 276 g/mol. The third-order valence-corrected chi connectivity index (χ3v) is 4.38. The molecule has 0 bridgehead atoms. The molecule has 3 rings (SSSR count). The lowest BCUT2D eigenvalue weighted by Gasteiger charge is -2.25. The Bertz CT molecular complexity index is 800. The molecule has 0 heterocycles. The third kappa shape index (κ3) is 2.45. The van der Waals surface area contributed by atoms with Crippen molar-refractivity contribution in [2.24, 2.45) is 0 Å². The highest BCUT2D eigenvalue weighted by Crippen LogP contribution is 2.32. The van der Waals surface area contributed by atoms with E-state index in [2.05, 4.69) is 50.2 Å². The van der Waals surface area contributed by atoms with Crippen molar-refractivity contribution in [2.75, 3.05) is 0 Å². The summed E-state index contributed by atoms with van der Waals surface area (Å²) in [4.78, 5) is 0. The van der Waals surface area contributed by atoms with Crippen LogP contribution in [-0.2, 0) is 5.60 Å². The Morgan fingerprint density at radius 3 is 2.05 bits per heavy atom. The van der Waals surface area contributed by atoms with Crippen LogP contribution < -0.4 is 0 Å². The summed E-state index contributed by atoms with van der Waals surface area (Å²) in [6.07, 6.45) is 0. The van der Waals surface area contributed by atoms with Crippen molar-refractivity contribution in [1.29, 1.82) is 0 Å². The molecule has 21 heavy (non-hydrogen) atoms. The predicted molar refractivity (Wildman–Crippen MR) is 88.5 cm³/mol. The summed E-state index contributed by atoms with van der Waals surface area (Å²) >= 11 is 0. The van der Waals surface area contributed by atoms with Gasteiger partial charge in [0.1, 0.15) is 5.60 Å². The predicted octanol–water partition coefficient (Wildman–Crippen LogP) is 4.71. The number of hydrogen-bond acceptors (Lipinski definition) is 1. The minimum absolute atomic E-state index is 0.921. The third-order valence-electron chi connectivity index (χ3n) is 4.38. The zero-order chi connectivity index (χ0) is 15.0. The van der Waals surface area contributed by atoms with Crippen molar-refractivity contribution in [3.8, 4) is 0 Å². The van der Waals surface area contributed by atoms with Crippen LogP contribution in [0.1, 0.15) is 29.2 Å². The zero-order valence-corrected chi connectivity index (χ0v) is 12.7. The molecule has 0 saturated carbocycles. The Morgan fingerprint density at radius 1 is 0.714 bits per heavy atom. The van der Waals surface area contributed by atoms with Gasteiger partial charge in [0.25, 0.3) is 0 Å². The molecule has 0 aliphatic heterocycles. The summed E-state index contributed by atoms with van der Waals surface area (Å²) < 4.78 is 0. The van der Waals surface area contributed by atoms with Gasteiger partial charge in [-0.15, -0.1) is 0 Å². The van der Waals surface area contributed by atoms with Gasteiger partial charge in [-0.25, -0.2) is 0 Å². The van der Waals surface area contributed by atoms with Gasteiger partial charge in [0.15, 0.2) is 0 Å². The van der Waals surface area contributed by atoms with E-state index in [1.807, 2.05) is 31.2 Å². The normalized spacial score (nSPS) is 14.1. The van der Waals surface area contributed by atoms with Gasteiger partial charge in [-0.05, 0) is 59.9 Å². The molecule has 0 radical (unpaired) electrons. The van der Waals surface area contributed by atoms with E-state index in [9.17, 15) is 5.11 Å². The molecule has 0 amide bonds. The number of fused-ring (bicyclic) bond motifs is 1. The molecule has 0 saturated heterocycles. The second-order valence-electron chi connectivity index (χ2n) is 5.93. The largest absolute Gasteiger partial charge is 0.381 e. The van der Waals surface area contributed by atoms with Gasteiger partial charge in [0.05, 0.1) is 0 Å². The van der Waals surface area contributed by atoms with Gasteiger partial charge in [-0.2, -0.15) is 0 Å². The second kappa shape index (κ2) is 5.01. The molecule has 1 unspecified atom stereocenters. The second-order valence-corrected chi connectivity index (χ2v) is 5.93. The minimum Gasteiger partial charge on any atom is -0.381 e. The Balaban J connectivity index is 2.12. The van der Waals surface area contributed by atoms with E-state index < -0.39 is 5.60 Å². The Kier molecular flexibility index (Phi) is 3.30. The molecule has 1 N–H and O–H groups in total. The number of hydrogen-bond donors (Lipinski definition) is 1. The lowest BCUT2D eigenvalue weighted by Crippen LogP contribution is -2.22. The average Bonchev–Trinajstić information content (AvgIpc) is 2.49. The first-order valence-electron chi connectivity index (χ1n) is 7.28. The fraction of sp³-hybridized carbons (Fsp3) is 0.200. The van der Waals surface area contributed by atoms with Gasteiger partial charge < -0.3 is 5.11 Å². The van der Waals surface area contributed by atoms with Crippen LogP contribution in [0.3, 0.4) is 0 Å². The summed E-state index contributed by atoms with van der Waals surface area (Å²) in [5.41, 5.74) is 3.31. The van der Waals surface area contributed by atoms with Crippen LogP contribution in [0.2, 0.25) is 0 Å². The SMILES string of the molecule is Cc1ccc(C(C)(O)c2ccc3ccccc3c2)cc1C. The van der Waals surface area contributed by atoms with Crippen molar-refractivity contribution in [1.82, 2.24) is 0 Å². The van der Waals surface area contributed by atoms with E-state index in [1.165, 1.54) is 16.5 Å². The van der Waals surface area contributed by atoms with Crippen LogP contribution in [0.5, 0.6) is 0 Å². The summed E-state index contributed by atoms with van der Waals surface area (Å²) in [6.45, 7) is 6.03. The van der Waals surface area contributed by atoms with Crippen LogP contribution in [0.15, 0.2) is 60.7 Å². The summed E-state index contributed by atoms with van der Waals surface area (Å²) in [5, 5.41) is 13.4. The highest BCUT2D eigenvalue weighted by Gasteiger charge is 2.26. The molecule has 0 aliphatic carbocycles. The molecule has 0 aliphatic rings. The quantitative estimate of drug-likeness (QED) is 0.718. The van der Waals surface area contributed by atoms with Crippen LogP contribution in [0, 0.1) is 13.8 Å². The lowest BCUT2D eigenvalue weighted by molar-refractivity contribution is 0.102. The van der Waals surface area contributed by atoms with E-state index in [0.717, 1.165) is 16.5 Å². The lowest BCUT2D eigenvalue weighted by atomic mass is 9.86. The molecule has 0 aromatic heterocycles. The molecular weight excluding hydrogens is 256 g/mol. The fourth-order valence-electron chi connectivity index (χ4n) is 2.70. The maximum absolute atomic E-state index is 11.0.